The second kappa shape index (κ2) is 12.7. The predicted molar refractivity (Wildman–Crippen MR) is 113 cm³/mol. The number of ketones is 1. The fraction of sp³-hybridized carbons (Fsp3) is 0.696. The van der Waals surface area contributed by atoms with Crippen molar-refractivity contribution < 1.29 is 14.3 Å². The molecule has 0 unspecified atom stereocenters. The van der Waals surface area contributed by atoms with Gasteiger partial charge in [0, 0.05) is 18.3 Å². The second-order valence-corrected chi connectivity index (χ2v) is 8.27. The molecule has 0 fully saturated rings. The Balaban J connectivity index is 2.32. The molecule has 1 aromatic rings. The van der Waals surface area contributed by atoms with Gasteiger partial charge in [-0.3, -0.25) is 9.78 Å². The van der Waals surface area contributed by atoms with Crippen LogP contribution in [0.15, 0.2) is 18.3 Å². The molecule has 0 N–H and O–H groups in total. The molecule has 0 saturated heterocycles. The molecular formula is C23H38N2O3. The molecule has 0 amide bonds. The molecule has 0 aliphatic carbocycles. The summed E-state index contributed by atoms with van der Waals surface area (Å²) in [6.07, 6.45) is 8.31. The lowest BCUT2D eigenvalue weighted by Crippen LogP contribution is -2.29. The lowest BCUT2D eigenvalue weighted by molar-refractivity contribution is -0.162. The number of carbonyl (C=O) groups excluding carboxylic acids is 2. The first-order valence-corrected chi connectivity index (χ1v) is 10.7. The molecule has 0 saturated carbocycles. The summed E-state index contributed by atoms with van der Waals surface area (Å²) < 4.78 is 5.12. The maximum Gasteiger partial charge on any atom is 0.375 e. The second-order valence-electron chi connectivity index (χ2n) is 8.27. The normalized spacial score (nSPS) is 11.6. The Bertz CT molecular complexity index is 604. The summed E-state index contributed by atoms with van der Waals surface area (Å²) in [5, 5.41) is 0. The van der Waals surface area contributed by atoms with Crippen molar-refractivity contribution in [1.82, 2.24) is 9.88 Å². The van der Waals surface area contributed by atoms with Crippen LogP contribution in [-0.4, -0.2) is 46.9 Å². The third kappa shape index (κ3) is 10.5. The summed E-state index contributed by atoms with van der Waals surface area (Å²) in [5.74, 6) is -1.21. The van der Waals surface area contributed by atoms with Gasteiger partial charge in [0.2, 0.25) is 5.78 Å². The van der Waals surface area contributed by atoms with Crippen LogP contribution in [0, 0.1) is 0 Å². The molecule has 0 atom stereocenters. The van der Waals surface area contributed by atoms with Crippen LogP contribution in [0.4, 0.5) is 0 Å². The highest BCUT2D eigenvalue weighted by Gasteiger charge is 2.22. The van der Waals surface area contributed by atoms with E-state index in [-0.39, 0.29) is 6.42 Å². The number of hydrogen-bond donors (Lipinski definition) is 0. The Morgan fingerprint density at radius 1 is 1.04 bits per heavy atom. The Morgan fingerprint density at radius 3 is 2.36 bits per heavy atom. The van der Waals surface area contributed by atoms with Crippen LogP contribution in [-0.2, 0) is 27.2 Å². The van der Waals surface area contributed by atoms with E-state index in [1.165, 1.54) is 25.8 Å². The zero-order valence-corrected chi connectivity index (χ0v) is 18.4. The Kier molecular flexibility index (Phi) is 11.0. The lowest BCUT2D eigenvalue weighted by atomic mass is 10.0. The van der Waals surface area contributed by atoms with Crippen LogP contribution in [0.1, 0.15) is 78.0 Å². The molecule has 1 aromatic heterocycles. The number of Topliss-reactive ketones (excluding diaryl/α,β-unsaturated/α-hetero) is 1. The number of aryl methyl sites for hydroxylation is 2. The number of nitrogens with zero attached hydrogens (tertiary/aromatic N) is 2. The predicted octanol–water partition coefficient (Wildman–Crippen LogP) is 4.37. The van der Waals surface area contributed by atoms with Crippen LogP contribution in [0.25, 0.3) is 0 Å². The van der Waals surface area contributed by atoms with Gasteiger partial charge in [0.05, 0.1) is 0 Å². The number of ether oxygens (including phenoxy) is 1. The van der Waals surface area contributed by atoms with Crippen molar-refractivity contribution in [2.45, 2.75) is 85.2 Å². The van der Waals surface area contributed by atoms with Crippen LogP contribution >= 0.6 is 0 Å². The minimum absolute atomic E-state index is 0.170. The number of esters is 1. The Labute approximate surface area is 170 Å². The van der Waals surface area contributed by atoms with Crippen molar-refractivity contribution in [2.75, 3.05) is 19.6 Å². The summed E-state index contributed by atoms with van der Waals surface area (Å²) in [6, 6.07) is 3.97. The molecule has 0 bridgehead atoms. The first-order chi connectivity index (χ1) is 13.2. The van der Waals surface area contributed by atoms with Crippen molar-refractivity contribution >= 4 is 11.8 Å². The highest BCUT2D eigenvalue weighted by molar-refractivity contribution is 6.33. The molecule has 0 aliphatic rings. The third-order valence-corrected chi connectivity index (χ3v) is 4.70. The zero-order valence-electron chi connectivity index (χ0n) is 18.4. The third-order valence-electron chi connectivity index (χ3n) is 4.70. The molecule has 5 heteroatoms. The van der Waals surface area contributed by atoms with Gasteiger partial charge in [0.15, 0.2) is 0 Å². The number of aromatic nitrogens is 1. The average molecular weight is 391 g/mol. The van der Waals surface area contributed by atoms with Crippen molar-refractivity contribution in [3.8, 4) is 0 Å². The monoisotopic (exact) mass is 390 g/mol. The zero-order chi connectivity index (χ0) is 21.0. The number of rotatable bonds is 13. The first-order valence-electron chi connectivity index (χ1n) is 10.7. The van der Waals surface area contributed by atoms with Gasteiger partial charge in [0.1, 0.15) is 5.60 Å². The number of unbranched alkanes of at least 4 members (excludes halogenated alkanes) is 3. The SMILES string of the molecule is CCN(CC)CCCCCCc1cc(CCC(=O)C(=O)OC(C)(C)C)ccn1. The number of hydrogen-bond acceptors (Lipinski definition) is 5. The quantitative estimate of drug-likeness (QED) is 0.284. The molecule has 158 valence electrons. The van der Waals surface area contributed by atoms with Crippen molar-refractivity contribution in [3.05, 3.63) is 29.6 Å². The van der Waals surface area contributed by atoms with E-state index in [0.717, 1.165) is 37.2 Å². The van der Waals surface area contributed by atoms with Gasteiger partial charge < -0.3 is 9.64 Å². The van der Waals surface area contributed by atoms with Crippen LogP contribution in [0.5, 0.6) is 0 Å². The van der Waals surface area contributed by atoms with Gasteiger partial charge in [-0.2, -0.15) is 0 Å². The Morgan fingerprint density at radius 2 is 1.71 bits per heavy atom. The summed E-state index contributed by atoms with van der Waals surface area (Å²) in [7, 11) is 0. The molecule has 5 nitrogen and oxygen atoms in total. The van der Waals surface area contributed by atoms with Crippen molar-refractivity contribution in [1.29, 1.82) is 0 Å². The standard InChI is InChI=1S/C23H38N2O3/c1-6-25(7-2)17-11-9-8-10-12-20-18-19(15-16-24-20)13-14-21(26)22(27)28-23(3,4)5/h15-16,18H,6-14,17H2,1-5H3. The van der Waals surface area contributed by atoms with E-state index < -0.39 is 17.4 Å². The highest BCUT2D eigenvalue weighted by Crippen LogP contribution is 2.12. The molecular weight excluding hydrogens is 352 g/mol. The molecule has 1 rings (SSSR count). The van der Waals surface area contributed by atoms with Crippen LogP contribution in [0.3, 0.4) is 0 Å². The molecule has 0 aromatic carbocycles. The van der Waals surface area contributed by atoms with E-state index in [4.69, 9.17) is 4.74 Å². The minimum atomic E-state index is -0.744. The van der Waals surface area contributed by atoms with E-state index in [1.54, 1.807) is 27.0 Å². The largest absolute Gasteiger partial charge is 0.454 e. The van der Waals surface area contributed by atoms with Crippen molar-refractivity contribution in [3.63, 3.8) is 0 Å². The molecule has 28 heavy (non-hydrogen) atoms. The molecule has 0 radical (unpaired) electrons. The number of carbonyl (C=O) groups is 2. The first kappa shape index (κ1) is 24.3. The van der Waals surface area contributed by atoms with E-state index in [2.05, 4.69) is 29.8 Å². The lowest BCUT2D eigenvalue weighted by Gasteiger charge is -2.18. The van der Waals surface area contributed by atoms with Gasteiger partial charge in [-0.1, -0.05) is 26.7 Å². The van der Waals surface area contributed by atoms with Gasteiger partial charge >= 0.3 is 5.97 Å². The van der Waals surface area contributed by atoms with Crippen LogP contribution < -0.4 is 0 Å². The minimum Gasteiger partial charge on any atom is -0.454 e. The van der Waals surface area contributed by atoms with E-state index >= 15 is 0 Å². The summed E-state index contributed by atoms with van der Waals surface area (Å²) in [5.41, 5.74) is 1.47. The van der Waals surface area contributed by atoms with Gasteiger partial charge in [-0.25, -0.2) is 4.79 Å². The average Bonchev–Trinajstić information content (AvgIpc) is 2.64. The van der Waals surface area contributed by atoms with E-state index in [9.17, 15) is 9.59 Å². The van der Waals surface area contributed by atoms with E-state index in [0.29, 0.717) is 6.42 Å². The summed E-state index contributed by atoms with van der Waals surface area (Å²) >= 11 is 0. The highest BCUT2D eigenvalue weighted by atomic mass is 16.6. The fourth-order valence-electron chi connectivity index (χ4n) is 3.05. The molecule has 0 aliphatic heterocycles. The molecule has 0 spiro atoms. The van der Waals surface area contributed by atoms with Gasteiger partial charge in [-0.15, -0.1) is 0 Å². The summed E-state index contributed by atoms with van der Waals surface area (Å²) in [6.45, 7) is 13.1. The smallest absolute Gasteiger partial charge is 0.375 e. The topological polar surface area (TPSA) is 59.5 Å². The number of pyridine rings is 1. The summed E-state index contributed by atoms with van der Waals surface area (Å²) in [4.78, 5) is 30.6. The Hall–Kier alpha value is -1.75. The van der Waals surface area contributed by atoms with Gasteiger partial charge in [-0.05, 0) is 83.8 Å². The van der Waals surface area contributed by atoms with E-state index in [1.807, 2.05) is 6.07 Å². The van der Waals surface area contributed by atoms with Crippen molar-refractivity contribution in [2.24, 2.45) is 0 Å². The maximum atomic E-state index is 11.9. The van der Waals surface area contributed by atoms with Gasteiger partial charge in [0.25, 0.3) is 0 Å². The van der Waals surface area contributed by atoms with Crippen LogP contribution in [0.2, 0.25) is 0 Å². The molecule has 1 heterocycles. The fourth-order valence-corrected chi connectivity index (χ4v) is 3.05. The maximum absolute atomic E-state index is 11.9.